The maximum absolute atomic E-state index is 12.2. The molecule has 0 radical (unpaired) electrons. The van der Waals surface area contributed by atoms with E-state index in [9.17, 15) is 4.79 Å². The van der Waals surface area contributed by atoms with Crippen molar-refractivity contribution >= 4 is 23.0 Å². The molecule has 0 unspecified atom stereocenters. The van der Waals surface area contributed by atoms with Crippen molar-refractivity contribution in [1.29, 1.82) is 0 Å². The Morgan fingerprint density at radius 1 is 1.11 bits per heavy atom. The number of carbonyl (C=O) groups excluding carboxylic acids is 1. The molecule has 3 aromatic rings. The standard InChI is InChI=1S/C22H25N3O3/c1-15-6-5-7-18-22(15)16(2)14-25(18)11-10-21(26)24-23-13-17-8-9-19(27-3)20(12-17)28-4/h5-9,12-14H,10-11H2,1-4H3,(H,24,26)/b23-13-. The van der Waals surface area contributed by atoms with Crippen LogP contribution in [0, 0.1) is 13.8 Å². The number of fused-ring (bicyclic) bond motifs is 1. The molecule has 28 heavy (non-hydrogen) atoms. The van der Waals surface area contributed by atoms with Gasteiger partial charge in [0, 0.05) is 30.1 Å². The summed E-state index contributed by atoms with van der Waals surface area (Å²) < 4.78 is 12.6. The van der Waals surface area contributed by atoms with E-state index < -0.39 is 0 Å². The summed E-state index contributed by atoms with van der Waals surface area (Å²) in [6, 6.07) is 11.7. The number of methoxy groups -OCH3 is 2. The van der Waals surface area contributed by atoms with Crippen LogP contribution in [0.1, 0.15) is 23.1 Å². The molecule has 1 heterocycles. The molecule has 2 aromatic carbocycles. The molecule has 1 aromatic heterocycles. The van der Waals surface area contributed by atoms with Gasteiger partial charge >= 0.3 is 0 Å². The van der Waals surface area contributed by atoms with Crippen molar-refractivity contribution in [2.45, 2.75) is 26.8 Å². The van der Waals surface area contributed by atoms with Crippen LogP contribution < -0.4 is 14.9 Å². The molecular weight excluding hydrogens is 354 g/mol. The monoisotopic (exact) mass is 379 g/mol. The van der Waals surface area contributed by atoms with Gasteiger partial charge in [-0.2, -0.15) is 5.10 Å². The van der Waals surface area contributed by atoms with E-state index in [0.717, 1.165) is 11.1 Å². The van der Waals surface area contributed by atoms with Crippen molar-refractivity contribution in [1.82, 2.24) is 9.99 Å². The molecule has 6 heteroatoms. The largest absolute Gasteiger partial charge is 0.493 e. The summed E-state index contributed by atoms with van der Waals surface area (Å²) in [5, 5.41) is 5.29. The van der Waals surface area contributed by atoms with Crippen LogP contribution in [-0.2, 0) is 11.3 Å². The quantitative estimate of drug-likeness (QED) is 0.501. The molecule has 1 N–H and O–H groups in total. The van der Waals surface area contributed by atoms with Crippen molar-refractivity contribution in [3.05, 3.63) is 59.3 Å². The van der Waals surface area contributed by atoms with Gasteiger partial charge in [-0.05, 0) is 54.8 Å². The van der Waals surface area contributed by atoms with Gasteiger partial charge < -0.3 is 14.0 Å². The van der Waals surface area contributed by atoms with Gasteiger partial charge in [0.25, 0.3) is 0 Å². The summed E-state index contributed by atoms with van der Waals surface area (Å²) in [6.45, 7) is 4.81. The topological polar surface area (TPSA) is 64.8 Å². The molecule has 0 saturated heterocycles. The summed E-state index contributed by atoms with van der Waals surface area (Å²) in [6.07, 6.45) is 4.02. The highest BCUT2D eigenvalue weighted by molar-refractivity contribution is 5.87. The Bertz CT molecular complexity index is 1020. The van der Waals surface area contributed by atoms with Gasteiger partial charge in [-0.15, -0.1) is 0 Å². The smallest absolute Gasteiger partial charge is 0.241 e. The zero-order chi connectivity index (χ0) is 20.1. The number of amides is 1. The van der Waals surface area contributed by atoms with Gasteiger partial charge in [-0.3, -0.25) is 4.79 Å². The Morgan fingerprint density at radius 2 is 1.89 bits per heavy atom. The van der Waals surface area contributed by atoms with E-state index in [2.05, 4.69) is 47.3 Å². The molecular formula is C22H25N3O3. The number of nitrogens with zero attached hydrogens (tertiary/aromatic N) is 2. The molecule has 0 aliphatic heterocycles. The lowest BCUT2D eigenvalue weighted by atomic mass is 10.1. The van der Waals surface area contributed by atoms with Gasteiger partial charge in [0.15, 0.2) is 11.5 Å². The van der Waals surface area contributed by atoms with E-state index in [-0.39, 0.29) is 5.91 Å². The minimum atomic E-state index is -0.135. The number of hydrogen-bond acceptors (Lipinski definition) is 4. The number of hydrazone groups is 1. The fourth-order valence-electron chi connectivity index (χ4n) is 3.35. The Morgan fingerprint density at radius 3 is 2.64 bits per heavy atom. The third kappa shape index (κ3) is 4.17. The first kappa shape index (κ1) is 19.5. The molecule has 0 saturated carbocycles. The molecule has 0 fully saturated rings. The van der Waals surface area contributed by atoms with Crippen LogP contribution in [0.3, 0.4) is 0 Å². The molecule has 146 valence electrons. The van der Waals surface area contributed by atoms with E-state index in [0.29, 0.717) is 24.5 Å². The van der Waals surface area contributed by atoms with Crippen LogP contribution >= 0.6 is 0 Å². The van der Waals surface area contributed by atoms with Crippen molar-refractivity contribution in [3.63, 3.8) is 0 Å². The lowest BCUT2D eigenvalue weighted by molar-refractivity contribution is -0.121. The Kier molecular flexibility index (Phi) is 5.99. The highest BCUT2D eigenvalue weighted by Gasteiger charge is 2.09. The first-order valence-corrected chi connectivity index (χ1v) is 9.12. The van der Waals surface area contributed by atoms with Gasteiger partial charge in [0.2, 0.25) is 5.91 Å². The average molecular weight is 379 g/mol. The van der Waals surface area contributed by atoms with Gasteiger partial charge in [0.05, 0.1) is 20.4 Å². The molecule has 0 spiro atoms. The van der Waals surface area contributed by atoms with E-state index in [1.807, 2.05) is 12.1 Å². The maximum Gasteiger partial charge on any atom is 0.241 e. The van der Waals surface area contributed by atoms with Crippen LogP contribution in [0.25, 0.3) is 10.9 Å². The van der Waals surface area contributed by atoms with Gasteiger partial charge in [0.1, 0.15) is 0 Å². The van der Waals surface area contributed by atoms with E-state index in [1.165, 1.54) is 16.5 Å². The van der Waals surface area contributed by atoms with Crippen LogP contribution in [0.5, 0.6) is 11.5 Å². The molecule has 0 aliphatic rings. The van der Waals surface area contributed by atoms with E-state index in [4.69, 9.17) is 9.47 Å². The number of carbonyl (C=O) groups is 1. The highest BCUT2D eigenvalue weighted by Crippen LogP contribution is 2.27. The van der Waals surface area contributed by atoms with E-state index in [1.54, 1.807) is 32.6 Å². The van der Waals surface area contributed by atoms with Crippen molar-refractivity contribution < 1.29 is 14.3 Å². The summed E-state index contributed by atoms with van der Waals surface area (Å²) >= 11 is 0. The molecule has 6 nitrogen and oxygen atoms in total. The minimum Gasteiger partial charge on any atom is -0.493 e. The van der Waals surface area contributed by atoms with Crippen LogP contribution in [0.2, 0.25) is 0 Å². The number of benzene rings is 2. The van der Waals surface area contributed by atoms with Crippen LogP contribution in [-0.4, -0.2) is 30.9 Å². The summed E-state index contributed by atoms with van der Waals surface area (Å²) in [4.78, 5) is 12.2. The second kappa shape index (κ2) is 8.61. The third-order valence-electron chi connectivity index (χ3n) is 4.69. The first-order valence-electron chi connectivity index (χ1n) is 9.12. The second-order valence-electron chi connectivity index (χ2n) is 6.63. The maximum atomic E-state index is 12.2. The average Bonchev–Trinajstić information content (AvgIpc) is 3.03. The van der Waals surface area contributed by atoms with Crippen LogP contribution in [0.15, 0.2) is 47.7 Å². The third-order valence-corrected chi connectivity index (χ3v) is 4.69. The van der Waals surface area contributed by atoms with Crippen molar-refractivity contribution in [2.24, 2.45) is 5.10 Å². The number of nitrogens with one attached hydrogen (secondary N) is 1. The van der Waals surface area contributed by atoms with Crippen LogP contribution in [0.4, 0.5) is 0 Å². The number of aromatic nitrogens is 1. The zero-order valence-electron chi connectivity index (χ0n) is 16.7. The summed E-state index contributed by atoms with van der Waals surface area (Å²) in [5.41, 5.74) is 7.01. The van der Waals surface area contributed by atoms with E-state index >= 15 is 0 Å². The second-order valence-corrected chi connectivity index (χ2v) is 6.63. The normalized spacial score (nSPS) is 11.1. The Labute approximate surface area is 164 Å². The number of hydrogen-bond donors (Lipinski definition) is 1. The van der Waals surface area contributed by atoms with Crippen molar-refractivity contribution in [2.75, 3.05) is 14.2 Å². The fraction of sp³-hybridized carbons (Fsp3) is 0.273. The fourth-order valence-corrected chi connectivity index (χ4v) is 3.35. The molecule has 0 bridgehead atoms. The lowest BCUT2D eigenvalue weighted by Gasteiger charge is -2.07. The number of ether oxygens (including phenoxy) is 2. The zero-order valence-corrected chi connectivity index (χ0v) is 16.7. The SMILES string of the molecule is COc1ccc(/C=N\NC(=O)CCn2cc(C)c3c(C)cccc32)cc1OC. The minimum absolute atomic E-state index is 0.135. The van der Waals surface area contributed by atoms with Gasteiger partial charge in [-0.25, -0.2) is 5.43 Å². The Hall–Kier alpha value is -3.28. The predicted molar refractivity (Wildman–Crippen MR) is 111 cm³/mol. The Balaban J connectivity index is 1.60. The predicted octanol–water partition coefficient (Wildman–Crippen LogP) is 3.82. The molecule has 3 rings (SSSR count). The summed E-state index contributed by atoms with van der Waals surface area (Å²) in [5.74, 6) is 1.12. The van der Waals surface area contributed by atoms with Crippen molar-refractivity contribution in [3.8, 4) is 11.5 Å². The highest BCUT2D eigenvalue weighted by atomic mass is 16.5. The number of rotatable bonds is 7. The summed E-state index contributed by atoms with van der Waals surface area (Å²) in [7, 11) is 3.16. The molecule has 0 atom stereocenters. The number of aryl methyl sites for hydroxylation is 3. The molecule has 0 aliphatic carbocycles. The molecule has 1 amide bonds. The first-order chi connectivity index (χ1) is 13.5. The van der Waals surface area contributed by atoms with Gasteiger partial charge in [-0.1, -0.05) is 12.1 Å². The lowest BCUT2D eigenvalue weighted by Crippen LogP contribution is -2.19.